The lowest BCUT2D eigenvalue weighted by Gasteiger charge is -2.39. The van der Waals surface area contributed by atoms with Crippen LogP contribution in [0.4, 0.5) is 13.6 Å². The highest BCUT2D eigenvalue weighted by Gasteiger charge is 2.49. The number of likely N-dealkylation sites (tertiary alicyclic amines) is 2. The Balaban J connectivity index is 1.72. The number of urea groups is 1. The molecule has 0 aromatic heterocycles. The van der Waals surface area contributed by atoms with Gasteiger partial charge in [0.1, 0.15) is 0 Å². The van der Waals surface area contributed by atoms with Gasteiger partial charge in [0.15, 0.2) is 11.6 Å². The fraction of sp³-hybridized carbons (Fsp3) is 0.579. The van der Waals surface area contributed by atoms with Crippen LogP contribution in [-0.4, -0.2) is 47.4 Å². The fourth-order valence-electron chi connectivity index (χ4n) is 3.94. The summed E-state index contributed by atoms with van der Waals surface area (Å²) in [5.74, 6) is -1.87. The average molecular weight is 365 g/mol. The van der Waals surface area contributed by atoms with Gasteiger partial charge in [0.05, 0.1) is 5.41 Å². The molecule has 26 heavy (non-hydrogen) atoms. The highest BCUT2D eigenvalue weighted by atomic mass is 19.2. The van der Waals surface area contributed by atoms with Crippen molar-refractivity contribution in [3.8, 4) is 0 Å². The lowest BCUT2D eigenvalue weighted by atomic mass is 9.78. The predicted octanol–water partition coefficient (Wildman–Crippen LogP) is 2.90. The molecule has 0 saturated carbocycles. The van der Waals surface area contributed by atoms with E-state index in [2.05, 4.69) is 5.32 Å². The molecule has 1 spiro atoms. The maximum Gasteiger partial charge on any atom is 0.317 e. The molecule has 2 aliphatic heterocycles. The Morgan fingerprint density at radius 2 is 2.04 bits per heavy atom. The lowest BCUT2D eigenvalue weighted by Crippen LogP contribution is -2.51. The Kier molecular flexibility index (Phi) is 5.16. The molecule has 0 radical (unpaired) electrons. The Morgan fingerprint density at radius 1 is 1.27 bits per heavy atom. The molecule has 142 valence electrons. The average Bonchev–Trinajstić information content (AvgIpc) is 3.01. The molecule has 3 rings (SSSR count). The van der Waals surface area contributed by atoms with Crippen LogP contribution in [0.3, 0.4) is 0 Å². The Morgan fingerprint density at radius 3 is 2.77 bits per heavy atom. The molecule has 0 bridgehead atoms. The van der Waals surface area contributed by atoms with Gasteiger partial charge in [-0.3, -0.25) is 4.79 Å². The van der Waals surface area contributed by atoms with Crippen LogP contribution >= 0.6 is 0 Å². The highest BCUT2D eigenvalue weighted by Crippen LogP contribution is 2.40. The van der Waals surface area contributed by atoms with Crippen LogP contribution in [0.25, 0.3) is 0 Å². The number of hydrogen-bond donors (Lipinski definition) is 1. The van der Waals surface area contributed by atoms with Crippen LogP contribution < -0.4 is 5.32 Å². The first-order valence-electron chi connectivity index (χ1n) is 9.10. The van der Waals surface area contributed by atoms with Crippen molar-refractivity contribution in [3.63, 3.8) is 0 Å². The van der Waals surface area contributed by atoms with Gasteiger partial charge in [-0.2, -0.15) is 0 Å². The molecule has 2 fully saturated rings. The zero-order valence-corrected chi connectivity index (χ0v) is 15.2. The van der Waals surface area contributed by atoms with Crippen LogP contribution in [0.2, 0.25) is 0 Å². The Bertz CT molecular complexity index is 710. The molecule has 2 saturated heterocycles. The molecule has 0 aliphatic carbocycles. The number of carbonyl (C=O) groups is 2. The second-order valence-corrected chi connectivity index (χ2v) is 7.60. The Labute approximate surface area is 152 Å². The van der Waals surface area contributed by atoms with E-state index in [0.29, 0.717) is 26.1 Å². The summed E-state index contributed by atoms with van der Waals surface area (Å²) in [6.07, 6.45) is 2.13. The summed E-state index contributed by atoms with van der Waals surface area (Å²) in [6.45, 7) is 5.28. The molecule has 7 heteroatoms. The third kappa shape index (κ3) is 3.52. The second kappa shape index (κ2) is 7.21. The minimum absolute atomic E-state index is 0.0357. The summed E-state index contributed by atoms with van der Waals surface area (Å²) < 4.78 is 27.4. The van der Waals surface area contributed by atoms with Crippen molar-refractivity contribution in [2.24, 2.45) is 5.41 Å². The van der Waals surface area contributed by atoms with Crippen LogP contribution in [0.1, 0.15) is 38.7 Å². The van der Waals surface area contributed by atoms with E-state index in [1.54, 1.807) is 9.80 Å². The van der Waals surface area contributed by atoms with Gasteiger partial charge in [0.25, 0.3) is 0 Å². The molecule has 3 amide bonds. The van der Waals surface area contributed by atoms with Crippen LogP contribution in [-0.2, 0) is 11.3 Å². The minimum atomic E-state index is -0.904. The zero-order valence-electron chi connectivity index (χ0n) is 15.2. The normalized spacial score (nSPS) is 23.2. The van der Waals surface area contributed by atoms with Crippen molar-refractivity contribution in [1.82, 2.24) is 15.1 Å². The van der Waals surface area contributed by atoms with Gasteiger partial charge in [-0.25, -0.2) is 13.6 Å². The predicted molar refractivity (Wildman–Crippen MR) is 93.3 cm³/mol. The van der Waals surface area contributed by atoms with Crippen molar-refractivity contribution >= 4 is 11.9 Å². The number of halogens is 2. The minimum Gasteiger partial charge on any atom is -0.338 e. The van der Waals surface area contributed by atoms with Gasteiger partial charge in [-0.1, -0.05) is 12.1 Å². The summed E-state index contributed by atoms with van der Waals surface area (Å²) in [5.41, 5.74) is -0.418. The summed E-state index contributed by atoms with van der Waals surface area (Å²) >= 11 is 0. The number of nitrogens with one attached hydrogen (secondary N) is 1. The number of carbonyl (C=O) groups excluding carboxylic acids is 2. The molecule has 1 atom stereocenters. The van der Waals surface area contributed by atoms with Gasteiger partial charge in [-0.15, -0.1) is 0 Å². The van der Waals surface area contributed by atoms with Crippen molar-refractivity contribution in [3.05, 3.63) is 35.4 Å². The molecule has 1 N–H and O–H groups in total. The number of nitrogens with zero attached hydrogens (tertiary/aromatic N) is 2. The van der Waals surface area contributed by atoms with E-state index in [4.69, 9.17) is 0 Å². The van der Waals surface area contributed by atoms with E-state index >= 15 is 0 Å². The third-order valence-corrected chi connectivity index (χ3v) is 5.27. The summed E-state index contributed by atoms with van der Waals surface area (Å²) in [7, 11) is 0. The first-order chi connectivity index (χ1) is 12.3. The standard InChI is InChI=1S/C19H25F2N3O2/c1-13(2)22-18(26)24-10-8-19(12-24)7-4-9-23(17(19)25)11-14-5-3-6-15(20)16(14)21/h3,5-6,13H,4,7-12H2,1-2H3,(H,22,26)/t19-/m1/s1. The van der Waals surface area contributed by atoms with Gasteiger partial charge in [0.2, 0.25) is 5.91 Å². The first-order valence-corrected chi connectivity index (χ1v) is 9.10. The van der Waals surface area contributed by atoms with E-state index in [9.17, 15) is 18.4 Å². The second-order valence-electron chi connectivity index (χ2n) is 7.60. The number of rotatable bonds is 3. The van der Waals surface area contributed by atoms with Crippen LogP contribution in [0.15, 0.2) is 18.2 Å². The molecule has 2 heterocycles. The van der Waals surface area contributed by atoms with Crippen molar-refractivity contribution < 1.29 is 18.4 Å². The molecule has 1 aromatic rings. The Hall–Kier alpha value is -2.18. The SMILES string of the molecule is CC(C)NC(=O)N1CC[C@]2(CCCN(Cc3cccc(F)c3F)C2=O)C1. The number of hydrogen-bond acceptors (Lipinski definition) is 2. The van der Waals surface area contributed by atoms with E-state index in [1.807, 2.05) is 13.8 Å². The molecule has 1 aromatic carbocycles. The van der Waals surface area contributed by atoms with Gasteiger partial charge in [-0.05, 0) is 39.2 Å². The van der Waals surface area contributed by atoms with E-state index in [-0.39, 0.29) is 30.1 Å². The van der Waals surface area contributed by atoms with Gasteiger partial charge < -0.3 is 15.1 Å². The number of benzene rings is 1. The van der Waals surface area contributed by atoms with Crippen LogP contribution in [0.5, 0.6) is 0 Å². The fourth-order valence-corrected chi connectivity index (χ4v) is 3.94. The molecular weight excluding hydrogens is 340 g/mol. The third-order valence-electron chi connectivity index (χ3n) is 5.27. The summed E-state index contributed by atoms with van der Waals surface area (Å²) in [4.78, 5) is 28.6. The van der Waals surface area contributed by atoms with E-state index in [1.165, 1.54) is 12.1 Å². The highest BCUT2D eigenvalue weighted by molar-refractivity contribution is 5.86. The lowest BCUT2D eigenvalue weighted by molar-refractivity contribution is -0.146. The summed E-state index contributed by atoms with van der Waals surface area (Å²) in [5, 5.41) is 2.86. The molecule has 2 aliphatic rings. The van der Waals surface area contributed by atoms with E-state index in [0.717, 1.165) is 18.9 Å². The van der Waals surface area contributed by atoms with Gasteiger partial charge >= 0.3 is 6.03 Å². The summed E-state index contributed by atoms with van der Waals surface area (Å²) in [6, 6.07) is 3.90. The first kappa shape index (κ1) is 18.6. The number of amides is 3. The smallest absolute Gasteiger partial charge is 0.317 e. The number of piperidine rings is 1. The molecule has 5 nitrogen and oxygen atoms in total. The zero-order chi connectivity index (χ0) is 18.9. The molecular formula is C19H25F2N3O2. The van der Waals surface area contributed by atoms with Crippen molar-refractivity contribution in [2.75, 3.05) is 19.6 Å². The maximum absolute atomic E-state index is 14.0. The van der Waals surface area contributed by atoms with Crippen LogP contribution in [0, 0.1) is 17.0 Å². The maximum atomic E-state index is 14.0. The van der Waals surface area contributed by atoms with Crippen molar-refractivity contribution in [1.29, 1.82) is 0 Å². The van der Waals surface area contributed by atoms with E-state index < -0.39 is 17.0 Å². The quantitative estimate of drug-likeness (QED) is 0.896. The largest absolute Gasteiger partial charge is 0.338 e. The van der Waals surface area contributed by atoms with Crippen molar-refractivity contribution in [2.45, 2.75) is 45.7 Å². The van der Waals surface area contributed by atoms with Gasteiger partial charge in [0, 0.05) is 37.8 Å². The monoisotopic (exact) mass is 365 g/mol. The topological polar surface area (TPSA) is 52.7 Å². The molecule has 0 unspecified atom stereocenters.